The number of hydrogen-bond acceptors (Lipinski definition) is 7. The number of benzene rings is 1. The smallest absolute Gasteiger partial charge is 0.289 e. The largest absolute Gasteiger partial charge is 0.454 e. The van der Waals surface area contributed by atoms with Gasteiger partial charge in [0.1, 0.15) is 5.69 Å². The van der Waals surface area contributed by atoms with Crippen LogP contribution in [0.4, 0.5) is 5.69 Å². The fourth-order valence-electron chi connectivity index (χ4n) is 2.02. The molecule has 0 spiro atoms. The molecule has 2 aromatic rings. The number of nitrogens with zero attached hydrogens (tertiary/aromatic N) is 2. The molecule has 0 atom stereocenters. The molecule has 9 nitrogen and oxygen atoms in total. The maximum Gasteiger partial charge on any atom is 0.289 e. The third-order valence-electron chi connectivity index (χ3n) is 3.16. The lowest BCUT2D eigenvalue weighted by molar-refractivity contribution is -0.112. The Kier molecular flexibility index (Phi) is 4.74. The molecule has 3 N–H and O–H groups in total. The SMILES string of the molecule is C/C(=C/C(=O)Nc1ccc2c(c1)OCO2)NNC(=O)c1cnccn1. The van der Waals surface area contributed by atoms with E-state index in [1.807, 2.05) is 0 Å². The Balaban J connectivity index is 1.53. The van der Waals surface area contributed by atoms with Crippen LogP contribution in [-0.4, -0.2) is 28.6 Å². The van der Waals surface area contributed by atoms with E-state index >= 15 is 0 Å². The first kappa shape index (κ1) is 16.2. The molecule has 1 aliphatic heterocycles. The zero-order valence-electron chi connectivity index (χ0n) is 13.3. The van der Waals surface area contributed by atoms with Crippen molar-refractivity contribution in [2.24, 2.45) is 0 Å². The molecule has 0 unspecified atom stereocenters. The third kappa shape index (κ3) is 4.22. The lowest BCUT2D eigenvalue weighted by Crippen LogP contribution is -2.37. The summed E-state index contributed by atoms with van der Waals surface area (Å²) >= 11 is 0. The van der Waals surface area contributed by atoms with E-state index in [9.17, 15) is 9.59 Å². The molecule has 1 aromatic carbocycles. The molecule has 25 heavy (non-hydrogen) atoms. The zero-order valence-corrected chi connectivity index (χ0v) is 13.3. The van der Waals surface area contributed by atoms with Gasteiger partial charge in [-0.2, -0.15) is 0 Å². The number of hydrogen-bond donors (Lipinski definition) is 3. The van der Waals surface area contributed by atoms with Crippen molar-refractivity contribution < 1.29 is 19.1 Å². The van der Waals surface area contributed by atoms with Gasteiger partial charge in [-0.1, -0.05) is 0 Å². The number of nitrogens with one attached hydrogen (secondary N) is 3. The molecule has 0 saturated carbocycles. The molecule has 1 aliphatic rings. The molecular weight excluding hydrogens is 326 g/mol. The molecule has 2 amide bonds. The Morgan fingerprint density at radius 3 is 2.80 bits per heavy atom. The van der Waals surface area contributed by atoms with Crippen LogP contribution in [-0.2, 0) is 4.79 Å². The monoisotopic (exact) mass is 341 g/mol. The van der Waals surface area contributed by atoms with E-state index in [0.29, 0.717) is 22.9 Å². The van der Waals surface area contributed by atoms with Crippen LogP contribution in [0.1, 0.15) is 17.4 Å². The first-order valence-corrected chi connectivity index (χ1v) is 7.33. The number of fused-ring (bicyclic) bond motifs is 1. The summed E-state index contributed by atoms with van der Waals surface area (Å²) in [6, 6.07) is 5.10. The number of amides is 2. The number of hydrazine groups is 1. The minimum Gasteiger partial charge on any atom is -0.454 e. The summed E-state index contributed by atoms with van der Waals surface area (Å²) in [6.45, 7) is 1.80. The summed E-state index contributed by atoms with van der Waals surface area (Å²) in [6.07, 6.45) is 5.52. The number of carbonyl (C=O) groups is 2. The summed E-state index contributed by atoms with van der Waals surface area (Å²) in [7, 11) is 0. The number of anilines is 1. The zero-order chi connectivity index (χ0) is 17.6. The van der Waals surface area contributed by atoms with Gasteiger partial charge in [0.2, 0.25) is 12.7 Å². The molecule has 0 saturated heterocycles. The molecule has 0 fully saturated rings. The van der Waals surface area contributed by atoms with Crippen LogP contribution in [0.3, 0.4) is 0 Å². The number of allylic oxidation sites excluding steroid dienone is 1. The fourth-order valence-corrected chi connectivity index (χ4v) is 2.02. The first-order chi connectivity index (χ1) is 12.1. The molecule has 128 valence electrons. The van der Waals surface area contributed by atoms with Gasteiger partial charge in [-0.15, -0.1) is 0 Å². The van der Waals surface area contributed by atoms with Gasteiger partial charge in [-0.25, -0.2) is 4.98 Å². The summed E-state index contributed by atoms with van der Waals surface area (Å²) < 4.78 is 10.5. The highest BCUT2D eigenvalue weighted by Crippen LogP contribution is 2.34. The van der Waals surface area contributed by atoms with Crippen molar-refractivity contribution in [2.75, 3.05) is 12.1 Å². The van der Waals surface area contributed by atoms with Crippen molar-refractivity contribution in [3.05, 3.63) is 54.3 Å². The van der Waals surface area contributed by atoms with Crippen molar-refractivity contribution in [1.82, 2.24) is 20.8 Å². The average molecular weight is 341 g/mol. The molecule has 3 rings (SSSR count). The Bertz CT molecular complexity index is 823. The number of aromatic nitrogens is 2. The van der Waals surface area contributed by atoms with Crippen LogP contribution < -0.4 is 25.6 Å². The first-order valence-electron chi connectivity index (χ1n) is 7.33. The van der Waals surface area contributed by atoms with Crippen LogP contribution in [0.5, 0.6) is 11.5 Å². The topological polar surface area (TPSA) is 114 Å². The van der Waals surface area contributed by atoms with Crippen molar-refractivity contribution in [3.8, 4) is 11.5 Å². The predicted octanol–water partition coefficient (Wildman–Crippen LogP) is 0.982. The Hall–Kier alpha value is -3.62. The molecule has 2 heterocycles. The Labute approximate surface area is 143 Å². The van der Waals surface area contributed by atoms with Crippen molar-refractivity contribution >= 4 is 17.5 Å². The van der Waals surface area contributed by atoms with Crippen LogP contribution in [0, 0.1) is 0 Å². The van der Waals surface area contributed by atoms with Crippen molar-refractivity contribution in [3.63, 3.8) is 0 Å². The van der Waals surface area contributed by atoms with E-state index in [2.05, 4.69) is 26.1 Å². The van der Waals surface area contributed by atoms with Crippen LogP contribution in [0.15, 0.2) is 48.6 Å². The van der Waals surface area contributed by atoms with E-state index in [1.54, 1.807) is 25.1 Å². The second kappa shape index (κ2) is 7.30. The van der Waals surface area contributed by atoms with Gasteiger partial charge in [0, 0.05) is 35.9 Å². The van der Waals surface area contributed by atoms with Gasteiger partial charge in [0.25, 0.3) is 5.91 Å². The van der Waals surface area contributed by atoms with Crippen molar-refractivity contribution in [1.29, 1.82) is 0 Å². The second-order valence-electron chi connectivity index (χ2n) is 5.05. The molecule has 1 aromatic heterocycles. The van der Waals surface area contributed by atoms with Gasteiger partial charge in [-0.3, -0.25) is 20.0 Å². The molecule has 9 heteroatoms. The van der Waals surface area contributed by atoms with Crippen LogP contribution >= 0.6 is 0 Å². The van der Waals surface area contributed by atoms with E-state index in [4.69, 9.17) is 9.47 Å². The minimum atomic E-state index is -0.461. The van der Waals surface area contributed by atoms with Gasteiger partial charge in [-0.05, 0) is 19.1 Å². The van der Waals surface area contributed by atoms with E-state index in [-0.39, 0.29) is 18.4 Å². The highest BCUT2D eigenvalue weighted by Gasteiger charge is 2.13. The summed E-state index contributed by atoms with van der Waals surface area (Å²) in [5.74, 6) is 0.389. The third-order valence-corrected chi connectivity index (χ3v) is 3.16. The summed E-state index contributed by atoms with van der Waals surface area (Å²) in [5.41, 5.74) is 6.22. The van der Waals surface area contributed by atoms with Gasteiger partial charge in [0.05, 0.1) is 6.20 Å². The van der Waals surface area contributed by atoms with Crippen molar-refractivity contribution in [2.45, 2.75) is 6.92 Å². The number of rotatable bonds is 5. The lowest BCUT2D eigenvalue weighted by Gasteiger charge is -2.08. The molecule has 0 bridgehead atoms. The Morgan fingerprint density at radius 1 is 1.16 bits per heavy atom. The quantitative estimate of drug-likeness (QED) is 0.548. The lowest BCUT2D eigenvalue weighted by atomic mass is 10.2. The standard InChI is InChI=1S/C16H15N5O4/c1-10(20-21-16(23)12-8-17-4-5-18-12)6-15(22)19-11-2-3-13-14(7-11)25-9-24-13/h2-8,20H,9H2,1H3,(H,19,22)(H,21,23)/b10-6-. The second-order valence-corrected chi connectivity index (χ2v) is 5.05. The highest BCUT2D eigenvalue weighted by molar-refractivity contribution is 6.00. The van der Waals surface area contributed by atoms with Gasteiger partial charge < -0.3 is 20.2 Å². The minimum absolute atomic E-state index is 0.160. The van der Waals surface area contributed by atoms with E-state index in [0.717, 1.165) is 0 Å². The predicted molar refractivity (Wildman–Crippen MR) is 87.6 cm³/mol. The van der Waals surface area contributed by atoms with Crippen LogP contribution in [0.2, 0.25) is 0 Å². The number of carbonyl (C=O) groups excluding carboxylic acids is 2. The highest BCUT2D eigenvalue weighted by atomic mass is 16.7. The van der Waals surface area contributed by atoms with E-state index < -0.39 is 5.91 Å². The molecule has 0 aliphatic carbocycles. The maximum atomic E-state index is 12.0. The van der Waals surface area contributed by atoms with E-state index in [1.165, 1.54) is 24.7 Å². The maximum absolute atomic E-state index is 12.0. The summed E-state index contributed by atoms with van der Waals surface area (Å²) in [5, 5.41) is 2.70. The molecule has 0 radical (unpaired) electrons. The molecular formula is C16H15N5O4. The summed E-state index contributed by atoms with van der Waals surface area (Å²) in [4.78, 5) is 31.5. The fraction of sp³-hybridized carbons (Fsp3) is 0.125. The van der Waals surface area contributed by atoms with Crippen LogP contribution in [0.25, 0.3) is 0 Å². The average Bonchev–Trinajstić information content (AvgIpc) is 3.08. The van der Waals surface area contributed by atoms with Gasteiger partial charge >= 0.3 is 0 Å². The number of ether oxygens (including phenoxy) is 2. The van der Waals surface area contributed by atoms with Gasteiger partial charge in [0.15, 0.2) is 11.5 Å². The Morgan fingerprint density at radius 2 is 2.00 bits per heavy atom. The normalized spacial score (nSPS) is 12.4.